The van der Waals surface area contributed by atoms with E-state index in [1.807, 2.05) is 51.1 Å². The molecular formula is C80H92N4O16. The van der Waals surface area contributed by atoms with Gasteiger partial charge in [-0.15, -0.1) is 0 Å². The molecule has 0 unspecified atom stereocenters. The summed E-state index contributed by atoms with van der Waals surface area (Å²) in [5.41, 5.74) is 2.61. The fourth-order valence-electron chi connectivity index (χ4n) is 12.9. The molecule has 3 fully saturated rings. The van der Waals surface area contributed by atoms with Crippen LogP contribution in [-0.2, 0) is 66.7 Å². The number of hydrogen-bond donors (Lipinski definition) is 2. The van der Waals surface area contributed by atoms with E-state index in [9.17, 15) is 43.8 Å². The van der Waals surface area contributed by atoms with Crippen LogP contribution in [0.25, 0.3) is 24.3 Å². The number of aliphatic hydroxyl groups is 2. The van der Waals surface area contributed by atoms with E-state index in [1.54, 1.807) is 104 Å². The molecule has 4 aromatic rings. The van der Waals surface area contributed by atoms with Crippen LogP contribution in [0.1, 0.15) is 140 Å². The van der Waals surface area contributed by atoms with E-state index in [-0.39, 0.29) is 66.0 Å². The molecule has 0 amide bonds. The molecule has 0 spiro atoms. The average Bonchev–Trinajstić information content (AvgIpc) is 1.71. The van der Waals surface area contributed by atoms with Gasteiger partial charge in [0.15, 0.2) is 0 Å². The van der Waals surface area contributed by atoms with Crippen molar-refractivity contribution in [3.63, 3.8) is 0 Å². The maximum atomic E-state index is 12.8. The Morgan fingerprint density at radius 1 is 0.410 bits per heavy atom. The molecule has 0 aromatic carbocycles. The van der Waals surface area contributed by atoms with E-state index in [0.29, 0.717) is 61.3 Å². The first-order valence-corrected chi connectivity index (χ1v) is 34.7. The first-order chi connectivity index (χ1) is 48.5. The summed E-state index contributed by atoms with van der Waals surface area (Å²) in [6.07, 6.45) is 46.9. The van der Waals surface area contributed by atoms with Crippen molar-refractivity contribution in [2.75, 3.05) is 0 Å². The Kier molecular flexibility index (Phi) is 31.1. The minimum atomic E-state index is -0.809. The highest BCUT2D eigenvalue weighted by Crippen LogP contribution is 2.41. The average molecular weight is 1370 g/mol. The van der Waals surface area contributed by atoms with Gasteiger partial charge in [0, 0.05) is 79.2 Å². The van der Waals surface area contributed by atoms with Crippen LogP contribution in [-0.4, -0.2) is 127 Å². The lowest BCUT2D eigenvalue weighted by atomic mass is 9.89. The van der Waals surface area contributed by atoms with E-state index in [0.717, 1.165) is 57.8 Å². The van der Waals surface area contributed by atoms with Crippen LogP contribution in [0, 0.1) is 35.5 Å². The van der Waals surface area contributed by atoms with E-state index in [1.165, 1.54) is 48.6 Å². The quantitative estimate of drug-likeness (QED) is 0.0577. The molecular weight excluding hydrogens is 1270 g/mol. The van der Waals surface area contributed by atoms with Gasteiger partial charge in [-0.3, -0.25) is 19.9 Å². The molecule has 15 atom stereocenters. The number of nitrogens with zero attached hydrogens (tertiary/aromatic N) is 4. The Balaban J connectivity index is 0.000000194. The van der Waals surface area contributed by atoms with Crippen LogP contribution in [0.5, 0.6) is 0 Å². The van der Waals surface area contributed by atoms with Gasteiger partial charge in [0.2, 0.25) is 0 Å². The highest BCUT2D eigenvalue weighted by atomic mass is 16.6. The lowest BCUT2D eigenvalue weighted by Crippen LogP contribution is -2.27. The van der Waals surface area contributed by atoms with Crippen LogP contribution in [0.2, 0.25) is 0 Å². The second-order valence-electron chi connectivity index (χ2n) is 25.7. The van der Waals surface area contributed by atoms with Crippen molar-refractivity contribution in [3.8, 4) is 0 Å². The maximum absolute atomic E-state index is 12.8. The summed E-state index contributed by atoms with van der Waals surface area (Å²) in [4.78, 5) is 103. The molecule has 100 heavy (non-hydrogen) atoms. The van der Waals surface area contributed by atoms with E-state index in [4.69, 9.17) is 33.2 Å². The highest BCUT2D eigenvalue weighted by Gasteiger charge is 2.42. The van der Waals surface area contributed by atoms with Crippen LogP contribution >= 0.6 is 0 Å². The molecule has 3 aliphatic heterocycles. The molecule has 0 saturated heterocycles. The predicted molar refractivity (Wildman–Crippen MR) is 376 cm³/mol. The summed E-state index contributed by atoms with van der Waals surface area (Å²) in [6.45, 7) is 5.62. The normalized spacial score (nSPS) is 30.1. The fourth-order valence-corrected chi connectivity index (χ4v) is 12.9. The zero-order valence-corrected chi connectivity index (χ0v) is 57.0. The number of esters is 7. The zero-order chi connectivity index (χ0) is 70.9. The summed E-state index contributed by atoms with van der Waals surface area (Å²) < 4.78 is 39.1. The number of allylic oxidation sites excluding steroid dienone is 6. The molecule has 20 nitrogen and oxygen atoms in total. The number of hydrogen-bond acceptors (Lipinski definition) is 20. The number of pyridine rings is 4. The van der Waals surface area contributed by atoms with Gasteiger partial charge < -0.3 is 43.4 Å². The van der Waals surface area contributed by atoms with Gasteiger partial charge in [0.05, 0.1) is 53.3 Å². The first kappa shape index (κ1) is 76.0. The largest absolute Gasteiger partial charge is 0.460 e. The van der Waals surface area contributed by atoms with Crippen molar-refractivity contribution < 1.29 is 76.9 Å². The summed E-state index contributed by atoms with van der Waals surface area (Å²) >= 11 is 0. The van der Waals surface area contributed by atoms with Gasteiger partial charge in [-0.05, 0) is 232 Å². The SMILES string of the molecule is C[C@H]1CCC/C=C/[C@@H]2C[C@H](O)C[C@H]2[C@H](OC(=O)/C=C/c2ccccn2)/C=C/C(=O)O1.C[C@H]1CCC/C=C/[C@@H]2C[C@H](OC(=O)/C=C/c3ccccn3)C[C@H]2[C@H](O)/C=C/C(=O)O1.C[C@H]1CCC/C=C/[C@@H]2C[C@H](OC(=O)/C=C/c3ccccn3)C[C@H]2[C@H](OC(=O)/C=C/c2ccccn2)/C=C/C(=O)O1. The molecule has 6 aliphatic rings. The predicted octanol–water partition coefficient (Wildman–Crippen LogP) is 12.5. The number of fused-ring (bicyclic) bond motifs is 3. The lowest BCUT2D eigenvalue weighted by Gasteiger charge is -2.24. The van der Waals surface area contributed by atoms with Crippen LogP contribution < -0.4 is 0 Å². The van der Waals surface area contributed by atoms with Gasteiger partial charge in [-0.25, -0.2) is 33.6 Å². The molecule has 10 rings (SSSR count). The number of cyclic esters (lactones) is 3. The summed E-state index contributed by atoms with van der Waals surface area (Å²) in [6, 6.07) is 21.7. The third-order valence-corrected chi connectivity index (χ3v) is 17.9. The third kappa shape index (κ3) is 27.1. The summed E-state index contributed by atoms with van der Waals surface area (Å²) in [7, 11) is 0. The van der Waals surface area contributed by atoms with Gasteiger partial charge in [-0.2, -0.15) is 0 Å². The van der Waals surface area contributed by atoms with Crippen molar-refractivity contribution in [1.82, 2.24) is 19.9 Å². The Hall–Kier alpha value is -9.79. The second-order valence-corrected chi connectivity index (χ2v) is 25.7. The third-order valence-electron chi connectivity index (χ3n) is 17.9. The molecule has 4 aromatic heterocycles. The van der Waals surface area contributed by atoms with Crippen LogP contribution in [0.15, 0.2) is 195 Å². The Morgan fingerprint density at radius 2 is 0.740 bits per heavy atom. The topological polar surface area (TPSA) is 276 Å². The van der Waals surface area contributed by atoms with Crippen molar-refractivity contribution in [1.29, 1.82) is 0 Å². The second kappa shape index (κ2) is 40.9. The van der Waals surface area contributed by atoms with E-state index >= 15 is 0 Å². The smallest absolute Gasteiger partial charge is 0.331 e. The Morgan fingerprint density at radius 3 is 1.11 bits per heavy atom. The van der Waals surface area contributed by atoms with Crippen LogP contribution in [0.3, 0.4) is 0 Å². The zero-order valence-electron chi connectivity index (χ0n) is 57.0. The molecule has 3 saturated carbocycles. The highest BCUT2D eigenvalue weighted by molar-refractivity contribution is 5.89. The van der Waals surface area contributed by atoms with E-state index in [2.05, 4.69) is 56.4 Å². The molecule has 20 heteroatoms. The number of rotatable bonds is 12. The molecule has 7 heterocycles. The minimum absolute atomic E-state index is 0.0195. The van der Waals surface area contributed by atoms with Crippen molar-refractivity contribution in [2.24, 2.45) is 35.5 Å². The fraction of sp³-hybridized carbons (Fsp3) is 0.412. The number of carbonyl (C=O) groups excluding carboxylic acids is 7. The van der Waals surface area contributed by atoms with Gasteiger partial charge in [0.1, 0.15) is 24.4 Å². The van der Waals surface area contributed by atoms with Gasteiger partial charge in [-0.1, -0.05) is 60.7 Å². The lowest BCUT2D eigenvalue weighted by molar-refractivity contribution is -0.146. The number of aliphatic hydroxyl groups excluding tert-OH is 2. The summed E-state index contributed by atoms with van der Waals surface area (Å²) in [5, 5.41) is 20.8. The Labute approximate surface area is 585 Å². The van der Waals surface area contributed by atoms with E-state index < -0.39 is 66.2 Å². The van der Waals surface area contributed by atoms with Gasteiger partial charge >= 0.3 is 41.8 Å². The van der Waals surface area contributed by atoms with Crippen LogP contribution in [0.4, 0.5) is 0 Å². The molecule has 0 radical (unpaired) electrons. The van der Waals surface area contributed by atoms with Crippen molar-refractivity contribution in [3.05, 3.63) is 218 Å². The molecule has 528 valence electrons. The number of ether oxygens (including phenoxy) is 7. The molecule has 2 N–H and O–H groups in total. The first-order valence-electron chi connectivity index (χ1n) is 34.7. The minimum Gasteiger partial charge on any atom is -0.460 e. The number of aromatic nitrogens is 4. The number of carbonyl (C=O) groups is 7. The van der Waals surface area contributed by atoms with Crippen molar-refractivity contribution in [2.45, 2.75) is 172 Å². The van der Waals surface area contributed by atoms with Gasteiger partial charge in [0.25, 0.3) is 0 Å². The maximum Gasteiger partial charge on any atom is 0.331 e. The standard InChI is InChI=1S/C32H34N2O6.2C24H29NO5/c1-23-9-3-2-4-10-24-21-27(39-31(36)16-13-25-11-5-7-19-33-25)22-28(24)29(15-18-30(35)38-23)40-32(37)17-14-26-12-6-8-20-34-26;1-17-7-3-2-4-8-18-15-20(16-21(18)22(26)11-13-23(27)29-17)30-24(28)12-10-19-9-5-6-14-25-19;1-17-7-3-2-4-8-18-15-20(26)16-21(18)22(11-13-23(27)29-17)30-24(28)12-10-19-9-5-6-14-25-19/h4-8,10-20,23-24,27-29H,2-3,9,21-22H2,1H3;2*4-6,8-14,17-18,20-22,26H,2-3,7,15-16H2,1H3/b10-4+,16-13+,17-14+,18-15+;2*8-4+,12-10+,13-11+/t23-,24+,27-,28+,29+;2*17-,18+,20-,21+,22+/m000/s1. The summed E-state index contributed by atoms with van der Waals surface area (Å²) in [5.74, 6) is -3.64. The molecule has 0 bridgehead atoms. The Bertz CT molecular complexity index is 3580. The monoisotopic (exact) mass is 1360 g/mol. The van der Waals surface area contributed by atoms with Crippen molar-refractivity contribution >= 4 is 66.1 Å². The molecule has 3 aliphatic carbocycles.